The molecule has 0 aliphatic carbocycles. The normalized spacial score (nSPS) is 10.2. The first-order chi connectivity index (χ1) is 9.61. The van der Waals surface area contributed by atoms with Crippen LogP contribution in [0.5, 0.6) is 0 Å². The third-order valence-electron chi connectivity index (χ3n) is 2.88. The molecule has 3 N–H and O–H groups in total. The highest BCUT2D eigenvalue weighted by molar-refractivity contribution is 6.03. The molecule has 104 valence electrons. The second-order valence-electron chi connectivity index (χ2n) is 4.23. The molecule has 0 aliphatic heterocycles. The molecule has 1 aromatic heterocycles. The number of nitrogens with one attached hydrogen (secondary N) is 2. The van der Waals surface area contributed by atoms with Crippen molar-refractivity contribution in [2.24, 2.45) is 0 Å². The average Bonchev–Trinajstić information content (AvgIpc) is 2.46. The molecule has 1 aromatic carbocycles. The number of anilines is 1. The van der Waals surface area contributed by atoms with Crippen molar-refractivity contribution in [1.82, 2.24) is 10.3 Å². The first-order valence-electron chi connectivity index (χ1n) is 6.19. The number of pyridine rings is 1. The Bertz CT molecular complexity index is 655. The van der Waals surface area contributed by atoms with Gasteiger partial charge in [0.1, 0.15) is 5.82 Å². The van der Waals surface area contributed by atoms with E-state index >= 15 is 0 Å². The standard InChI is InChI=1S/C14H15N3O3/c1-15-13(18)6-7-16-12-8-10(14(19)20)9-4-2-3-5-11(9)17-12/h2-5,8H,6-7H2,1H3,(H,15,18)(H,16,17)(H,19,20). The summed E-state index contributed by atoms with van der Waals surface area (Å²) in [6, 6.07) is 8.53. The SMILES string of the molecule is CNC(=O)CCNc1cc(C(=O)O)c2ccccc2n1. The lowest BCUT2D eigenvalue weighted by Gasteiger charge is -2.08. The number of carbonyl (C=O) groups excluding carboxylic acids is 1. The molecule has 0 saturated carbocycles. The maximum absolute atomic E-state index is 11.3. The van der Waals surface area contributed by atoms with Crippen LogP contribution in [0.25, 0.3) is 10.9 Å². The van der Waals surface area contributed by atoms with Gasteiger partial charge in [0.05, 0.1) is 11.1 Å². The van der Waals surface area contributed by atoms with Crippen molar-refractivity contribution < 1.29 is 14.7 Å². The summed E-state index contributed by atoms with van der Waals surface area (Å²) in [5, 5.41) is 15.3. The van der Waals surface area contributed by atoms with E-state index in [1.807, 2.05) is 0 Å². The van der Waals surface area contributed by atoms with Crippen molar-refractivity contribution >= 4 is 28.6 Å². The van der Waals surface area contributed by atoms with Crippen molar-refractivity contribution in [2.75, 3.05) is 18.9 Å². The Balaban J connectivity index is 2.26. The summed E-state index contributed by atoms with van der Waals surface area (Å²) in [5.41, 5.74) is 0.799. The fraction of sp³-hybridized carbons (Fsp3) is 0.214. The molecule has 0 saturated heterocycles. The maximum atomic E-state index is 11.3. The molecule has 1 amide bonds. The summed E-state index contributed by atoms with van der Waals surface area (Å²) >= 11 is 0. The number of hydrogen-bond donors (Lipinski definition) is 3. The Kier molecular flexibility index (Phi) is 4.14. The van der Waals surface area contributed by atoms with Gasteiger partial charge in [-0.1, -0.05) is 18.2 Å². The van der Waals surface area contributed by atoms with E-state index in [9.17, 15) is 14.7 Å². The summed E-state index contributed by atoms with van der Waals surface area (Å²) in [5.74, 6) is -0.639. The van der Waals surface area contributed by atoms with E-state index in [0.717, 1.165) is 0 Å². The zero-order valence-electron chi connectivity index (χ0n) is 11.0. The molecule has 6 nitrogen and oxygen atoms in total. The summed E-state index contributed by atoms with van der Waals surface area (Å²) in [6.07, 6.45) is 0.299. The minimum absolute atomic E-state index is 0.0863. The largest absolute Gasteiger partial charge is 0.478 e. The number of fused-ring (bicyclic) bond motifs is 1. The minimum Gasteiger partial charge on any atom is -0.478 e. The fourth-order valence-corrected chi connectivity index (χ4v) is 1.87. The molecule has 1 heterocycles. The zero-order chi connectivity index (χ0) is 14.5. The summed E-state index contributed by atoms with van der Waals surface area (Å²) < 4.78 is 0. The van der Waals surface area contributed by atoms with Gasteiger partial charge < -0.3 is 15.7 Å². The van der Waals surface area contributed by atoms with Crippen LogP contribution in [0.3, 0.4) is 0 Å². The number of rotatable bonds is 5. The minimum atomic E-state index is -1.00. The molecule has 0 atom stereocenters. The molecule has 0 radical (unpaired) electrons. The zero-order valence-corrected chi connectivity index (χ0v) is 11.0. The highest BCUT2D eigenvalue weighted by Crippen LogP contribution is 2.20. The van der Waals surface area contributed by atoms with Crippen LogP contribution >= 0.6 is 0 Å². The smallest absolute Gasteiger partial charge is 0.336 e. The van der Waals surface area contributed by atoms with Crippen molar-refractivity contribution in [2.45, 2.75) is 6.42 Å². The van der Waals surface area contributed by atoms with Gasteiger partial charge in [0, 0.05) is 25.4 Å². The Labute approximate surface area is 115 Å². The van der Waals surface area contributed by atoms with Crippen LogP contribution in [0.4, 0.5) is 5.82 Å². The van der Waals surface area contributed by atoms with E-state index in [-0.39, 0.29) is 11.5 Å². The second-order valence-corrected chi connectivity index (χ2v) is 4.23. The van der Waals surface area contributed by atoms with Crippen molar-refractivity contribution in [3.05, 3.63) is 35.9 Å². The predicted octanol–water partition coefficient (Wildman–Crippen LogP) is 1.48. The van der Waals surface area contributed by atoms with E-state index in [1.54, 1.807) is 31.3 Å². The number of nitrogens with zero attached hydrogens (tertiary/aromatic N) is 1. The molecule has 0 unspecified atom stereocenters. The maximum Gasteiger partial charge on any atom is 0.336 e. The number of aromatic nitrogens is 1. The number of carboxylic acids is 1. The Hall–Kier alpha value is -2.63. The van der Waals surface area contributed by atoms with Crippen LogP contribution in [-0.4, -0.2) is 35.6 Å². The molecule has 2 aromatic rings. The van der Waals surface area contributed by atoms with Crippen LogP contribution in [0.15, 0.2) is 30.3 Å². The summed E-state index contributed by atoms with van der Waals surface area (Å²) in [6.45, 7) is 0.393. The van der Waals surface area contributed by atoms with E-state index in [0.29, 0.717) is 29.7 Å². The van der Waals surface area contributed by atoms with Gasteiger partial charge in [-0.05, 0) is 12.1 Å². The van der Waals surface area contributed by atoms with Crippen LogP contribution in [0.1, 0.15) is 16.8 Å². The number of carbonyl (C=O) groups is 2. The molecule has 0 fully saturated rings. The molecule has 0 aliphatic rings. The quantitative estimate of drug-likeness (QED) is 0.767. The van der Waals surface area contributed by atoms with Gasteiger partial charge >= 0.3 is 5.97 Å². The fourth-order valence-electron chi connectivity index (χ4n) is 1.87. The number of hydrogen-bond acceptors (Lipinski definition) is 4. The molecule has 2 rings (SSSR count). The van der Waals surface area contributed by atoms with Gasteiger partial charge in [-0.15, -0.1) is 0 Å². The van der Waals surface area contributed by atoms with Crippen LogP contribution in [0, 0.1) is 0 Å². The van der Waals surface area contributed by atoms with E-state index < -0.39 is 5.97 Å². The van der Waals surface area contributed by atoms with Crippen molar-refractivity contribution in [3.8, 4) is 0 Å². The Morgan fingerprint density at radius 2 is 2.05 bits per heavy atom. The highest BCUT2D eigenvalue weighted by atomic mass is 16.4. The highest BCUT2D eigenvalue weighted by Gasteiger charge is 2.11. The van der Waals surface area contributed by atoms with Crippen LogP contribution < -0.4 is 10.6 Å². The molecule has 6 heteroatoms. The molecular formula is C14H15N3O3. The summed E-state index contributed by atoms with van der Waals surface area (Å²) in [7, 11) is 1.57. The van der Waals surface area contributed by atoms with Gasteiger partial charge in [-0.2, -0.15) is 0 Å². The van der Waals surface area contributed by atoms with Crippen molar-refractivity contribution in [3.63, 3.8) is 0 Å². The predicted molar refractivity (Wildman–Crippen MR) is 75.9 cm³/mol. The number of carboxylic acid groups (broad SMARTS) is 1. The molecule has 0 spiro atoms. The van der Waals surface area contributed by atoms with Gasteiger partial charge in [0.2, 0.25) is 5.91 Å². The lowest BCUT2D eigenvalue weighted by Crippen LogP contribution is -2.21. The average molecular weight is 273 g/mol. The number of para-hydroxylation sites is 1. The first kappa shape index (κ1) is 13.8. The van der Waals surface area contributed by atoms with E-state index in [4.69, 9.17) is 0 Å². The molecule has 20 heavy (non-hydrogen) atoms. The Morgan fingerprint density at radius 3 is 2.75 bits per heavy atom. The van der Waals surface area contributed by atoms with Gasteiger partial charge in [-0.25, -0.2) is 9.78 Å². The third kappa shape index (κ3) is 3.03. The number of amides is 1. The molecule has 0 bridgehead atoms. The summed E-state index contributed by atoms with van der Waals surface area (Å²) in [4.78, 5) is 26.7. The topological polar surface area (TPSA) is 91.3 Å². The lowest BCUT2D eigenvalue weighted by atomic mass is 10.1. The lowest BCUT2D eigenvalue weighted by molar-refractivity contribution is -0.120. The van der Waals surface area contributed by atoms with Crippen molar-refractivity contribution in [1.29, 1.82) is 0 Å². The van der Waals surface area contributed by atoms with Gasteiger partial charge in [-0.3, -0.25) is 4.79 Å². The van der Waals surface area contributed by atoms with E-state index in [1.165, 1.54) is 6.07 Å². The first-order valence-corrected chi connectivity index (χ1v) is 6.19. The monoisotopic (exact) mass is 273 g/mol. The van der Waals surface area contributed by atoms with Crippen LogP contribution in [-0.2, 0) is 4.79 Å². The number of aromatic carboxylic acids is 1. The Morgan fingerprint density at radius 1 is 1.30 bits per heavy atom. The van der Waals surface area contributed by atoms with Gasteiger partial charge in [0.25, 0.3) is 0 Å². The molecular weight excluding hydrogens is 258 g/mol. The third-order valence-corrected chi connectivity index (χ3v) is 2.88. The van der Waals surface area contributed by atoms with E-state index in [2.05, 4.69) is 15.6 Å². The van der Waals surface area contributed by atoms with Crippen LogP contribution in [0.2, 0.25) is 0 Å². The number of benzene rings is 1. The second kappa shape index (κ2) is 6.01. The van der Waals surface area contributed by atoms with Gasteiger partial charge in [0.15, 0.2) is 0 Å².